The van der Waals surface area contributed by atoms with Crippen molar-refractivity contribution < 1.29 is 22.6 Å². The fraction of sp³-hybridized carbons (Fsp3) is 0.375. The van der Waals surface area contributed by atoms with Gasteiger partial charge in [-0.1, -0.05) is 6.07 Å². The Bertz CT molecular complexity index is 691. The molecule has 0 unspecified atom stereocenters. The highest BCUT2D eigenvalue weighted by molar-refractivity contribution is 5.56. The Hall–Kier alpha value is -2.51. The molecule has 0 saturated heterocycles. The van der Waals surface area contributed by atoms with Crippen LogP contribution in [0.15, 0.2) is 30.5 Å². The van der Waals surface area contributed by atoms with Crippen molar-refractivity contribution >= 4 is 11.6 Å². The molecule has 0 spiro atoms. The lowest BCUT2D eigenvalue weighted by Gasteiger charge is -2.14. The fourth-order valence-corrected chi connectivity index (χ4v) is 1.92. The van der Waals surface area contributed by atoms with E-state index in [0.717, 1.165) is 0 Å². The monoisotopic (exact) mass is 341 g/mol. The van der Waals surface area contributed by atoms with Crippen LogP contribution in [-0.4, -0.2) is 22.7 Å². The minimum atomic E-state index is -4.58. The van der Waals surface area contributed by atoms with E-state index in [4.69, 9.17) is 9.47 Å². The predicted octanol–water partition coefficient (Wildman–Crippen LogP) is 4.42. The molecule has 0 atom stereocenters. The summed E-state index contributed by atoms with van der Waals surface area (Å²) in [6.07, 6.45) is -3.87. The van der Waals surface area contributed by atoms with E-state index in [1.54, 1.807) is 31.2 Å². The molecule has 5 nitrogen and oxygen atoms in total. The third-order valence-electron chi connectivity index (χ3n) is 2.80. The standard InChI is InChI=1S/C16H18F3N3O2/c1-4-23-14-13(16(17,18)19)9-20-15(22-14)21-11-6-5-7-12(8-11)24-10(2)3/h5-10H,4H2,1-3H3,(H,20,21,22). The van der Waals surface area contributed by atoms with Crippen LogP contribution in [-0.2, 0) is 6.18 Å². The number of ether oxygens (including phenoxy) is 2. The summed E-state index contributed by atoms with van der Waals surface area (Å²) in [6.45, 7) is 5.44. The first kappa shape index (κ1) is 17.8. The zero-order valence-electron chi connectivity index (χ0n) is 13.5. The molecule has 0 fully saturated rings. The van der Waals surface area contributed by atoms with E-state index in [1.807, 2.05) is 13.8 Å². The molecule has 0 amide bonds. The lowest BCUT2D eigenvalue weighted by molar-refractivity contribution is -0.139. The van der Waals surface area contributed by atoms with Crippen molar-refractivity contribution in [3.8, 4) is 11.6 Å². The quantitative estimate of drug-likeness (QED) is 0.843. The predicted molar refractivity (Wildman–Crippen MR) is 83.7 cm³/mol. The zero-order valence-corrected chi connectivity index (χ0v) is 13.5. The molecule has 8 heteroatoms. The normalized spacial score (nSPS) is 11.5. The van der Waals surface area contributed by atoms with Crippen LogP contribution in [0.5, 0.6) is 11.6 Å². The summed E-state index contributed by atoms with van der Waals surface area (Å²) in [7, 11) is 0. The molecule has 1 heterocycles. The number of rotatable bonds is 6. The lowest BCUT2D eigenvalue weighted by Crippen LogP contribution is -2.12. The van der Waals surface area contributed by atoms with Crippen molar-refractivity contribution in [2.75, 3.05) is 11.9 Å². The smallest absolute Gasteiger partial charge is 0.423 e. The number of anilines is 2. The minimum absolute atomic E-state index is 0.00660. The second-order valence-corrected chi connectivity index (χ2v) is 5.16. The number of hydrogen-bond donors (Lipinski definition) is 1. The Morgan fingerprint density at radius 2 is 2.00 bits per heavy atom. The maximum atomic E-state index is 12.9. The van der Waals surface area contributed by atoms with Crippen LogP contribution < -0.4 is 14.8 Å². The van der Waals surface area contributed by atoms with Gasteiger partial charge in [0.1, 0.15) is 11.3 Å². The van der Waals surface area contributed by atoms with E-state index in [1.165, 1.54) is 0 Å². The third kappa shape index (κ3) is 4.74. The molecular formula is C16H18F3N3O2. The van der Waals surface area contributed by atoms with E-state index in [2.05, 4.69) is 15.3 Å². The number of hydrogen-bond acceptors (Lipinski definition) is 5. The number of nitrogens with one attached hydrogen (secondary N) is 1. The summed E-state index contributed by atoms with van der Waals surface area (Å²) in [5, 5.41) is 2.85. The van der Waals surface area contributed by atoms with Crippen molar-refractivity contribution in [2.24, 2.45) is 0 Å². The van der Waals surface area contributed by atoms with Gasteiger partial charge >= 0.3 is 6.18 Å². The first-order valence-corrected chi connectivity index (χ1v) is 7.40. The SMILES string of the molecule is CCOc1nc(Nc2cccc(OC(C)C)c2)ncc1C(F)(F)F. The molecule has 1 aromatic carbocycles. The summed E-state index contributed by atoms with van der Waals surface area (Å²) in [5.41, 5.74) is -0.415. The Labute approximate surface area is 137 Å². The molecule has 2 aromatic rings. The second-order valence-electron chi connectivity index (χ2n) is 5.16. The van der Waals surface area contributed by atoms with Gasteiger partial charge in [-0.05, 0) is 32.9 Å². The average molecular weight is 341 g/mol. The summed E-state index contributed by atoms with van der Waals surface area (Å²) in [6, 6.07) is 6.98. The third-order valence-corrected chi connectivity index (χ3v) is 2.80. The molecule has 0 aliphatic rings. The van der Waals surface area contributed by atoms with Crippen LogP contribution >= 0.6 is 0 Å². The molecule has 24 heavy (non-hydrogen) atoms. The first-order chi connectivity index (χ1) is 11.3. The fourth-order valence-electron chi connectivity index (χ4n) is 1.92. The summed E-state index contributed by atoms with van der Waals surface area (Å²) in [5.74, 6) is 0.136. The average Bonchev–Trinajstić information content (AvgIpc) is 2.46. The first-order valence-electron chi connectivity index (χ1n) is 7.40. The number of aromatic nitrogens is 2. The van der Waals surface area contributed by atoms with E-state index in [-0.39, 0.29) is 18.7 Å². The van der Waals surface area contributed by atoms with Gasteiger partial charge in [-0.3, -0.25) is 0 Å². The highest BCUT2D eigenvalue weighted by Gasteiger charge is 2.36. The molecule has 1 aromatic heterocycles. The van der Waals surface area contributed by atoms with Crippen molar-refractivity contribution in [1.29, 1.82) is 0 Å². The van der Waals surface area contributed by atoms with E-state index >= 15 is 0 Å². The van der Waals surface area contributed by atoms with Gasteiger partial charge in [0, 0.05) is 18.0 Å². The van der Waals surface area contributed by atoms with E-state index in [0.29, 0.717) is 17.6 Å². The molecule has 1 N–H and O–H groups in total. The van der Waals surface area contributed by atoms with Gasteiger partial charge in [-0.2, -0.15) is 18.2 Å². The molecule has 130 valence electrons. The van der Waals surface area contributed by atoms with E-state index < -0.39 is 17.6 Å². The van der Waals surface area contributed by atoms with Crippen LogP contribution in [0.4, 0.5) is 24.8 Å². The minimum Gasteiger partial charge on any atom is -0.491 e. The molecular weight excluding hydrogens is 323 g/mol. The van der Waals surface area contributed by atoms with Crippen LogP contribution in [0, 0.1) is 0 Å². The van der Waals surface area contributed by atoms with Crippen LogP contribution in [0.3, 0.4) is 0 Å². The summed E-state index contributed by atoms with van der Waals surface area (Å²) < 4.78 is 49.3. The summed E-state index contributed by atoms with van der Waals surface area (Å²) >= 11 is 0. The summed E-state index contributed by atoms with van der Waals surface area (Å²) in [4.78, 5) is 7.52. The van der Waals surface area contributed by atoms with Gasteiger partial charge in [0.2, 0.25) is 11.8 Å². The van der Waals surface area contributed by atoms with Crippen LogP contribution in [0.1, 0.15) is 26.3 Å². The molecule has 0 aliphatic heterocycles. The van der Waals surface area contributed by atoms with Gasteiger partial charge in [0.05, 0.1) is 12.7 Å². The largest absolute Gasteiger partial charge is 0.491 e. The molecule has 0 aliphatic carbocycles. The number of alkyl halides is 3. The van der Waals surface area contributed by atoms with Crippen molar-refractivity contribution in [3.63, 3.8) is 0 Å². The number of nitrogens with zero attached hydrogens (tertiary/aromatic N) is 2. The topological polar surface area (TPSA) is 56.3 Å². The number of benzene rings is 1. The molecule has 2 rings (SSSR count). The van der Waals surface area contributed by atoms with E-state index in [9.17, 15) is 13.2 Å². The van der Waals surface area contributed by atoms with Crippen molar-refractivity contribution in [1.82, 2.24) is 9.97 Å². The van der Waals surface area contributed by atoms with Crippen LogP contribution in [0.2, 0.25) is 0 Å². The number of halogens is 3. The lowest BCUT2D eigenvalue weighted by atomic mass is 10.3. The zero-order chi connectivity index (χ0) is 17.7. The van der Waals surface area contributed by atoms with Crippen molar-refractivity contribution in [2.45, 2.75) is 33.1 Å². The maximum absolute atomic E-state index is 12.9. The Morgan fingerprint density at radius 1 is 1.25 bits per heavy atom. The van der Waals surface area contributed by atoms with Gasteiger partial charge < -0.3 is 14.8 Å². The van der Waals surface area contributed by atoms with Gasteiger partial charge in [-0.15, -0.1) is 0 Å². The maximum Gasteiger partial charge on any atom is 0.423 e. The Kier molecular flexibility index (Phi) is 5.48. The van der Waals surface area contributed by atoms with Gasteiger partial charge in [0.15, 0.2) is 0 Å². The highest BCUT2D eigenvalue weighted by Crippen LogP contribution is 2.35. The molecule has 0 saturated carbocycles. The van der Waals surface area contributed by atoms with Gasteiger partial charge in [-0.25, -0.2) is 4.98 Å². The van der Waals surface area contributed by atoms with Gasteiger partial charge in [0.25, 0.3) is 0 Å². The van der Waals surface area contributed by atoms with Crippen molar-refractivity contribution in [3.05, 3.63) is 36.0 Å². The molecule has 0 radical (unpaired) electrons. The molecule has 0 bridgehead atoms. The van der Waals surface area contributed by atoms with Crippen LogP contribution in [0.25, 0.3) is 0 Å². The second kappa shape index (κ2) is 7.37. The highest BCUT2D eigenvalue weighted by atomic mass is 19.4. The Balaban J connectivity index is 2.25. The Morgan fingerprint density at radius 3 is 2.62 bits per heavy atom.